The van der Waals surface area contributed by atoms with Crippen LogP contribution in [0.1, 0.15) is 34.8 Å². The number of carbonyl (C=O) groups is 2. The van der Waals surface area contributed by atoms with E-state index in [1.165, 1.54) is 16.5 Å². The lowest BCUT2D eigenvalue weighted by atomic mass is 10.2. The number of hydrogen-bond acceptors (Lipinski definition) is 4. The van der Waals surface area contributed by atoms with Gasteiger partial charge in [0.2, 0.25) is 5.91 Å². The van der Waals surface area contributed by atoms with Crippen molar-refractivity contribution in [3.63, 3.8) is 0 Å². The molecule has 0 fully saturated rings. The molecule has 1 N–H and O–H groups in total. The number of carbonyl (C=O) groups excluding carboxylic acids is 2. The molecule has 2 aromatic rings. The van der Waals surface area contributed by atoms with Gasteiger partial charge in [-0.05, 0) is 19.9 Å². The lowest BCUT2D eigenvalue weighted by molar-refractivity contribution is -0.141. The summed E-state index contributed by atoms with van der Waals surface area (Å²) in [7, 11) is 4.70. The average molecular weight is 372 g/mol. The van der Waals surface area contributed by atoms with Crippen LogP contribution in [0.25, 0.3) is 0 Å². The van der Waals surface area contributed by atoms with E-state index in [-0.39, 0.29) is 11.4 Å². The van der Waals surface area contributed by atoms with Crippen molar-refractivity contribution in [2.45, 2.75) is 26.1 Å². The van der Waals surface area contributed by atoms with Gasteiger partial charge in [-0.1, -0.05) is 0 Å². The highest BCUT2D eigenvalue weighted by molar-refractivity contribution is 6.03. The summed E-state index contributed by atoms with van der Waals surface area (Å²) < 4.78 is 40.3. The zero-order valence-electron chi connectivity index (χ0n) is 14.9. The maximum Gasteiger partial charge on any atom is 0.435 e. The smallest absolute Gasteiger partial charge is 0.343 e. The minimum Gasteiger partial charge on any atom is -0.343 e. The molecule has 26 heavy (non-hydrogen) atoms. The highest BCUT2D eigenvalue weighted by Crippen LogP contribution is 2.28. The van der Waals surface area contributed by atoms with Crippen LogP contribution < -0.4 is 5.32 Å². The molecule has 0 radical (unpaired) electrons. The average Bonchev–Trinajstić information content (AvgIpc) is 3.14. The molecule has 0 aliphatic rings. The number of rotatable bonds is 4. The molecule has 0 saturated carbocycles. The monoisotopic (exact) mass is 372 g/mol. The second kappa shape index (κ2) is 6.81. The summed E-state index contributed by atoms with van der Waals surface area (Å²) in [6.45, 7) is 3.07. The number of aryl methyl sites for hydroxylation is 1. The molecule has 2 aromatic heterocycles. The summed E-state index contributed by atoms with van der Waals surface area (Å²) in [6, 6.07) is -0.229. The van der Waals surface area contributed by atoms with Crippen molar-refractivity contribution >= 4 is 17.5 Å². The van der Waals surface area contributed by atoms with Crippen LogP contribution in [0.15, 0.2) is 12.3 Å². The van der Waals surface area contributed by atoms with Gasteiger partial charge in [0.1, 0.15) is 6.04 Å². The summed E-state index contributed by atoms with van der Waals surface area (Å²) in [4.78, 5) is 26.0. The van der Waals surface area contributed by atoms with E-state index in [9.17, 15) is 22.8 Å². The van der Waals surface area contributed by atoms with Crippen molar-refractivity contribution in [3.8, 4) is 0 Å². The Morgan fingerprint density at radius 3 is 2.38 bits per heavy atom. The van der Waals surface area contributed by atoms with Crippen molar-refractivity contribution in [1.82, 2.24) is 24.5 Å². The largest absolute Gasteiger partial charge is 0.435 e. The predicted octanol–water partition coefficient (Wildman–Crippen LogP) is 1.85. The van der Waals surface area contributed by atoms with Crippen LogP contribution in [-0.2, 0) is 18.0 Å². The normalized spacial score (nSPS) is 12.8. The van der Waals surface area contributed by atoms with Crippen LogP contribution in [0.4, 0.5) is 18.9 Å². The molecular weight excluding hydrogens is 353 g/mol. The van der Waals surface area contributed by atoms with Gasteiger partial charge in [0.15, 0.2) is 11.4 Å². The fourth-order valence-electron chi connectivity index (χ4n) is 2.17. The van der Waals surface area contributed by atoms with E-state index in [2.05, 4.69) is 15.5 Å². The maximum atomic E-state index is 12.7. The van der Waals surface area contributed by atoms with Crippen LogP contribution in [0.3, 0.4) is 0 Å². The van der Waals surface area contributed by atoms with E-state index >= 15 is 0 Å². The van der Waals surface area contributed by atoms with Crippen LogP contribution in [0.2, 0.25) is 0 Å². The third-order valence-corrected chi connectivity index (χ3v) is 3.87. The number of alkyl halides is 3. The first-order chi connectivity index (χ1) is 11.9. The van der Waals surface area contributed by atoms with Crippen molar-refractivity contribution < 1.29 is 22.8 Å². The maximum absolute atomic E-state index is 12.7. The van der Waals surface area contributed by atoms with Gasteiger partial charge in [-0.15, -0.1) is 0 Å². The molecular formula is C15H19F3N6O2. The number of anilines is 1. The molecule has 0 aliphatic heterocycles. The number of aromatic nitrogens is 4. The Hall–Kier alpha value is -2.85. The molecule has 0 bridgehead atoms. The van der Waals surface area contributed by atoms with Crippen LogP contribution in [0.5, 0.6) is 0 Å². The summed E-state index contributed by atoms with van der Waals surface area (Å²) in [6.07, 6.45) is -3.51. The molecule has 142 valence electrons. The van der Waals surface area contributed by atoms with E-state index in [1.54, 1.807) is 28.1 Å². The van der Waals surface area contributed by atoms with Gasteiger partial charge in [0.05, 0.1) is 11.4 Å². The Morgan fingerprint density at radius 1 is 1.27 bits per heavy atom. The SMILES string of the molecule is Cc1c(NC(=O)C(C)n2ccc(C(F)(F)F)n2)c(C(=O)N(C)C)nn1C. The third kappa shape index (κ3) is 3.70. The Kier molecular flexibility index (Phi) is 5.10. The van der Waals surface area contributed by atoms with Gasteiger partial charge in [0.25, 0.3) is 5.91 Å². The first-order valence-electron chi connectivity index (χ1n) is 7.62. The van der Waals surface area contributed by atoms with Gasteiger partial charge >= 0.3 is 6.18 Å². The number of halogens is 3. The standard InChI is InChI=1S/C15H19F3N6O2/c1-8-11(12(21-23(8)5)14(26)22(3)4)19-13(25)9(2)24-7-6-10(20-24)15(16,17)18/h6-7,9H,1-5H3,(H,19,25). The highest BCUT2D eigenvalue weighted by atomic mass is 19.4. The van der Waals surface area contributed by atoms with E-state index in [4.69, 9.17) is 0 Å². The van der Waals surface area contributed by atoms with Gasteiger partial charge in [0, 0.05) is 27.3 Å². The molecule has 0 aliphatic carbocycles. The molecule has 0 spiro atoms. The Morgan fingerprint density at radius 2 is 1.88 bits per heavy atom. The van der Waals surface area contributed by atoms with E-state index in [0.717, 1.165) is 16.9 Å². The van der Waals surface area contributed by atoms with Crippen LogP contribution in [-0.4, -0.2) is 50.4 Å². The minimum atomic E-state index is -4.59. The molecule has 1 atom stereocenters. The topological polar surface area (TPSA) is 85.1 Å². The summed E-state index contributed by atoms with van der Waals surface area (Å²) in [5.41, 5.74) is -0.288. The fourth-order valence-corrected chi connectivity index (χ4v) is 2.17. The third-order valence-electron chi connectivity index (χ3n) is 3.87. The van der Waals surface area contributed by atoms with Gasteiger partial charge < -0.3 is 10.2 Å². The Balaban J connectivity index is 2.27. The van der Waals surface area contributed by atoms with Crippen molar-refractivity contribution in [1.29, 1.82) is 0 Å². The minimum absolute atomic E-state index is 0.0481. The van der Waals surface area contributed by atoms with Gasteiger partial charge in [-0.2, -0.15) is 23.4 Å². The number of amides is 2. The number of nitrogens with zero attached hydrogens (tertiary/aromatic N) is 5. The molecule has 0 saturated heterocycles. The molecule has 1 unspecified atom stereocenters. The summed E-state index contributed by atoms with van der Waals surface area (Å²) >= 11 is 0. The van der Waals surface area contributed by atoms with Crippen molar-refractivity contribution in [3.05, 3.63) is 29.3 Å². The zero-order chi connectivity index (χ0) is 19.8. The predicted molar refractivity (Wildman–Crippen MR) is 86.5 cm³/mol. The number of hydrogen-bond donors (Lipinski definition) is 1. The van der Waals surface area contributed by atoms with E-state index in [1.807, 2.05) is 0 Å². The fraction of sp³-hybridized carbons (Fsp3) is 0.467. The quantitative estimate of drug-likeness (QED) is 0.888. The molecule has 0 aromatic carbocycles. The summed E-state index contributed by atoms with van der Waals surface area (Å²) in [5.74, 6) is -1.03. The van der Waals surface area contributed by atoms with Gasteiger partial charge in [-0.3, -0.25) is 19.0 Å². The second-order valence-corrected chi connectivity index (χ2v) is 5.98. The van der Waals surface area contributed by atoms with Crippen LogP contribution in [0, 0.1) is 6.92 Å². The van der Waals surface area contributed by atoms with Gasteiger partial charge in [-0.25, -0.2) is 0 Å². The Labute approximate surface area is 147 Å². The zero-order valence-corrected chi connectivity index (χ0v) is 14.9. The lowest BCUT2D eigenvalue weighted by Crippen LogP contribution is -2.27. The second-order valence-electron chi connectivity index (χ2n) is 5.98. The highest BCUT2D eigenvalue weighted by Gasteiger charge is 2.34. The van der Waals surface area contributed by atoms with E-state index < -0.39 is 29.7 Å². The molecule has 11 heteroatoms. The first kappa shape index (κ1) is 19.5. The molecule has 2 rings (SSSR count). The number of nitrogens with one attached hydrogen (secondary N) is 1. The van der Waals surface area contributed by atoms with Crippen LogP contribution >= 0.6 is 0 Å². The Bertz CT molecular complexity index is 837. The first-order valence-corrected chi connectivity index (χ1v) is 7.62. The van der Waals surface area contributed by atoms with Crippen molar-refractivity contribution in [2.75, 3.05) is 19.4 Å². The summed E-state index contributed by atoms with van der Waals surface area (Å²) in [5, 5.41) is 10.1. The van der Waals surface area contributed by atoms with E-state index in [0.29, 0.717) is 5.69 Å². The molecule has 8 nitrogen and oxygen atoms in total. The molecule has 2 heterocycles. The molecule has 2 amide bonds. The lowest BCUT2D eigenvalue weighted by Gasteiger charge is -2.14. The van der Waals surface area contributed by atoms with Crippen molar-refractivity contribution in [2.24, 2.45) is 7.05 Å².